The van der Waals surface area contributed by atoms with Crippen LogP contribution in [0.25, 0.3) is 0 Å². The monoisotopic (exact) mass is 368 g/mol. The van der Waals surface area contributed by atoms with E-state index >= 15 is 0 Å². The summed E-state index contributed by atoms with van der Waals surface area (Å²) in [5.74, 6) is 2.63. The molecule has 4 rings (SSSR count). The van der Waals surface area contributed by atoms with E-state index in [4.69, 9.17) is 4.74 Å². The number of hydrogen-bond donors (Lipinski definition) is 2. The zero-order chi connectivity index (χ0) is 18.6. The number of aromatic nitrogens is 2. The quantitative estimate of drug-likeness (QED) is 0.791. The molecule has 1 atom stereocenters. The lowest BCUT2D eigenvalue weighted by atomic mass is 10.0. The largest absolute Gasteiger partial charge is 0.487 e. The number of nitrogens with one attached hydrogen (secondary N) is 1. The second-order valence-electron chi connectivity index (χ2n) is 7.49. The van der Waals surface area contributed by atoms with Crippen LogP contribution < -0.4 is 10.1 Å². The van der Waals surface area contributed by atoms with Crippen LogP contribution in [0, 0.1) is 6.92 Å². The maximum atomic E-state index is 9.80. The molecule has 144 valence electrons. The van der Waals surface area contributed by atoms with Gasteiger partial charge in [-0.1, -0.05) is 18.2 Å². The van der Waals surface area contributed by atoms with Crippen LogP contribution in [0.1, 0.15) is 41.9 Å². The lowest BCUT2D eigenvalue weighted by molar-refractivity contribution is 0.0706. The summed E-state index contributed by atoms with van der Waals surface area (Å²) in [5, 5.41) is 13.3. The molecule has 2 aliphatic heterocycles. The van der Waals surface area contributed by atoms with E-state index < -0.39 is 0 Å². The van der Waals surface area contributed by atoms with Crippen molar-refractivity contribution in [3.63, 3.8) is 0 Å². The van der Waals surface area contributed by atoms with Crippen LogP contribution in [0.15, 0.2) is 24.3 Å². The summed E-state index contributed by atoms with van der Waals surface area (Å²) < 4.78 is 5.95. The SMILES string of the molecule is Cc1nc2c(c(NCCCN3CCC[C@H](O)C3)n1)Cc1ccccc1OC2. The topological polar surface area (TPSA) is 70.5 Å². The number of ether oxygens (including phenoxy) is 1. The first kappa shape index (κ1) is 18.2. The number of nitrogens with zero attached hydrogens (tertiary/aromatic N) is 3. The summed E-state index contributed by atoms with van der Waals surface area (Å²) in [7, 11) is 0. The molecule has 0 amide bonds. The maximum Gasteiger partial charge on any atom is 0.133 e. The number of aryl methyl sites for hydroxylation is 1. The molecule has 27 heavy (non-hydrogen) atoms. The third-order valence-corrected chi connectivity index (χ3v) is 5.33. The van der Waals surface area contributed by atoms with Crippen molar-refractivity contribution < 1.29 is 9.84 Å². The summed E-state index contributed by atoms with van der Waals surface area (Å²) in [6.07, 6.45) is 3.67. The van der Waals surface area contributed by atoms with Gasteiger partial charge in [0, 0.05) is 25.1 Å². The third-order valence-electron chi connectivity index (χ3n) is 5.33. The minimum Gasteiger partial charge on any atom is -0.487 e. The van der Waals surface area contributed by atoms with Crippen LogP contribution in [-0.4, -0.2) is 52.3 Å². The predicted molar refractivity (Wildman–Crippen MR) is 105 cm³/mol. The number of β-amino-alcohol motifs (C(OH)–C–C–N with tert-alkyl or cyclic N) is 1. The highest BCUT2D eigenvalue weighted by atomic mass is 16.5. The fourth-order valence-electron chi connectivity index (χ4n) is 3.98. The highest BCUT2D eigenvalue weighted by Gasteiger charge is 2.20. The van der Waals surface area contributed by atoms with Crippen molar-refractivity contribution in [2.24, 2.45) is 0 Å². The first-order chi connectivity index (χ1) is 13.2. The van der Waals surface area contributed by atoms with Crippen molar-refractivity contribution in [3.05, 3.63) is 46.9 Å². The van der Waals surface area contributed by atoms with Gasteiger partial charge in [0.15, 0.2) is 0 Å². The van der Waals surface area contributed by atoms with E-state index in [0.29, 0.717) is 6.61 Å². The van der Waals surface area contributed by atoms with Gasteiger partial charge < -0.3 is 20.1 Å². The Balaban J connectivity index is 1.42. The van der Waals surface area contributed by atoms with Gasteiger partial charge >= 0.3 is 0 Å². The molecule has 0 radical (unpaired) electrons. The molecule has 2 N–H and O–H groups in total. The number of aliphatic hydroxyl groups excluding tert-OH is 1. The van der Waals surface area contributed by atoms with Crippen LogP contribution in [-0.2, 0) is 13.0 Å². The van der Waals surface area contributed by atoms with E-state index in [1.54, 1.807) is 0 Å². The summed E-state index contributed by atoms with van der Waals surface area (Å²) in [6, 6.07) is 8.17. The van der Waals surface area contributed by atoms with Gasteiger partial charge in [0.25, 0.3) is 0 Å². The number of hydrogen-bond acceptors (Lipinski definition) is 6. The Kier molecular flexibility index (Phi) is 5.55. The number of para-hydroxylation sites is 1. The van der Waals surface area contributed by atoms with Gasteiger partial charge in [0.2, 0.25) is 0 Å². The molecule has 0 spiro atoms. The number of anilines is 1. The second-order valence-corrected chi connectivity index (χ2v) is 7.49. The Bertz CT molecular complexity index is 796. The molecule has 0 aliphatic carbocycles. The first-order valence-corrected chi connectivity index (χ1v) is 9.90. The van der Waals surface area contributed by atoms with Gasteiger partial charge in [-0.05, 0) is 50.9 Å². The molecule has 3 heterocycles. The standard InChI is InChI=1S/C21H28N4O2/c1-15-23-19-14-27-20-8-3-2-6-16(20)12-18(19)21(24-15)22-9-5-11-25-10-4-7-17(26)13-25/h2-3,6,8,17,26H,4-5,7,9-14H2,1H3,(H,22,23,24)/t17-/m0/s1. The Labute approximate surface area is 160 Å². The van der Waals surface area contributed by atoms with Crippen LogP contribution >= 0.6 is 0 Å². The molecule has 1 saturated heterocycles. The van der Waals surface area contributed by atoms with Gasteiger partial charge in [-0.15, -0.1) is 0 Å². The third kappa shape index (κ3) is 4.39. The Hall–Kier alpha value is -2.18. The highest BCUT2D eigenvalue weighted by Crippen LogP contribution is 2.30. The Morgan fingerprint density at radius 1 is 1.30 bits per heavy atom. The van der Waals surface area contributed by atoms with Crippen molar-refractivity contribution in [2.75, 3.05) is 31.5 Å². The molecule has 2 aliphatic rings. The van der Waals surface area contributed by atoms with Gasteiger partial charge in [0.1, 0.15) is 24.0 Å². The number of likely N-dealkylation sites (tertiary alicyclic amines) is 1. The number of fused-ring (bicyclic) bond motifs is 2. The van der Waals surface area contributed by atoms with Crippen LogP contribution in [0.3, 0.4) is 0 Å². The second kappa shape index (κ2) is 8.23. The molecule has 6 nitrogen and oxygen atoms in total. The zero-order valence-corrected chi connectivity index (χ0v) is 15.9. The van der Waals surface area contributed by atoms with E-state index in [0.717, 1.165) is 80.5 Å². The zero-order valence-electron chi connectivity index (χ0n) is 15.9. The first-order valence-electron chi connectivity index (χ1n) is 9.90. The van der Waals surface area contributed by atoms with Crippen LogP contribution in [0.4, 0.5) is 5.82 Å². The minimum absolute atomic E-state index is 0.160. The molecule has 1 aromatic carbocycles. The van der Waals surface area contributed by atoms with Gasteiger partial charge in [0.05, 0.1) is 11.8 Å². The van der Waals surface area contributed by atoms with E-state index in [2.05, 4.69) is 26.3 Å². The summed E-state index contributed by atoms with van der Waals surface area (Å²) in [4.78, 5) is 11.6. The summed E-state index contributed by atoms with van der Waals surface area (Å²) in [6.45, 7) is 6.16. The number of rotatable bonds is 5. The highest BCUT2D eigenvalue weighted by molar-refractivity contribution is 5.52. The van der Waals surface area contributed by atoms with E-state index in [1.165, 1.54) is 5.56 Å². The van der Waals surface area contributed by atoms with Crippen molar-refractivity contribution in [1.29, 1.82) is 0 Å². The van der Waals surface area contributed by atoms with E-state index in [1.807, 2.05) is 25.1 Å². The van der Waals surface area contributed by atoms with E-state index in [9.17, 15) is 5.11 Å². The van der Waals surface area contributed by atoms with Gasteiger partial charge in [-0.3, -0.25) is 0 Å². The average Bonchev–Trinajstić information content (AvgIpc) is 2.85. The number of benzene rings is 1. The fraction of sp³-hybridized carbons (Fsp3) is 0.524. The van der Waals surface area contributed by atoms with Gasteiger partial charge in [-0.2, -0.15) is 0 Å². The Morgan fingerprint density at radius 2 is 2.19 bits per heavy atom. The average molecular weight is 368 g/mol. The van der Waals surface area contributed by atoms with Crippen LogP contribution in [0.5, 0.6) is 5.75 Å². The normalized spacial score (nSPS) is 19.6. The van der Waals surface area contributed by atoms with Gasteiger partial charge in [-0.25, -0.2) is 9.97 Å². The fourth-order valence-corrected chi connectivity index (χ4v) is 3.98. The smallest absolute Gasteiger partial charge is 0.133 e. The van der Waals surface area contributed by atoms with Crippen molar-refractivity contribution in [2.45, 2.75) is 45.3 Å². The Morgan fingerprint density at radius 3 is 3.07 bits per heavy atom. The van der Waals surface area contributed by atoms with Crippen molar-refractivity contribution in [3.8, 4) is 5.75 Å². The molecule has 1 fully saturated rings. The molecular weight excluding hydrogens is 340 g/mol. The van der Waals surface area contributed by atoms with E-state index in [-0.39, 0.29) is 6.10 Å². The molecule has 0 unspecified atom stereocenters. The maximum absolute atomic E-state index is 9.80. The minimum atomic E-state index is -0.160. The van der Waals surface area contributed by atoms with Crippen molar-refractivity contribution in [1.82, 2.24) is 14.9 Å². The van der Waals surface area contributed by atoms with Crippen molar-refractivity contribution >= 4 is 5.82 Å². The van der Waals surface area contributed by atoms with Crippen LogP contribution in [0.2, 0.25) is 0 Å². The number of piperidine rings is 1. The lowest BCUT2D eigenvalue weighted by Gasteiger charge is -2.29. The molecule has 2 aromatic rings. The number of aliphatic hydroxyl groups is 1. The molecule has 6 heteroatoms. The summed E-state index contributed by atoms with van der Waals surface area (Å²) in [5.41, 5.74) is 3.29. The molecule has 1 aromatic heterocycles. The molecular formula is C21H28N4O2. The molecule has 0 saturated carbocycles. The summed E-state index contributed by atoms with van der Waals surface area (Å²) >= 11 is 0. The predicted octanol–water partition coefficient (Wildman–Crippen LogP) is 2.53. The lowest BCUT2D eigenvalue weighted by Crippen LogP contribution is -2.39. The molecule has 0 bridgehead atoms.